The number of nitrogens with one attached hydrogen (secondary N) is 1. The molecule has 0 radical (unpaired) electrons. The van der Waals surface area contributed by atoms with Crippen molar-refractivity contribution in [3.8, 4) is 11.7 Å². The molecule has 4 bridgehead atoms. The Labute approximate surface area is 235 Å². The lowest BCUT2D eigenvalue weighted by Gasteiger charge is -2.34. The lowest BCUT2D eigenvalue weighted by molar-refractivity contribution is 0.0981. The molecule has 1 aliphatic carbocycles. The van der Waals surface area contributed by atoms with Crippen LogP contribution >= 0.6 is 0 Å². The van der Waals surface area contributed by atoms with Gasteiger partial charge in [0.25, 0.3) is 15.9 Å². The second-order valence-corrected chi connectivity index (χ2v) is 14.1. The Bertz CT molecular complexity index is 1520. The Morgan fingerprint density at radius 2 is 1.98 bits per heavy atom. The van der Waals surface area contributed by atoms with Gasteiger partial charge in [0.2, 0.25) is 5.88 Å². The SMILES string of the molecule is CC1(CCOc2ccn(-c3ccc4c(n3)N3CC(CCCCn5cc(cn5)S(=O)(=O)NC4=O)CC3(C)C)n2)CC1. The van der Waals surface area contributed by atoms with Crippen LogP contribution in [-0.4, -0.2) is 57.6 Å². The summed E-state index contributed by atoms with van der Waals surface area (Å²) in [6.07, 6.45) is 11.9. The molecule has 3 aromatic rings. The summed E-state index contributed by atoms with van der Waals surface area (Å²) in [5, 5.41) is 8.75. The number of aromatic nitrogens is 5. The maximum Gasteiger partial charge on any atom is 0.268 e. The standard InChI is InChI=1S/C28H37N7O4S/c1-27(2)16-20-6-4-5-13-33-19-21(17-29-33)40(37,38)32-26(36)22-7-8-23(30-25(22)34(27)18-20)35-14-9-24(31-35)39-15-12-28(3)10-11-28/h7-9,14,17,19-20H,4-6,10-13,15-16,18H2,1-3H3,(H,32,36). The fourth-order valence-corrected chi connectivity index (χ4v) is 6.75. The highest BCUT2D eigenvalue weighted by molar-refractivity contribution is 7.90. The monoisotopic (exact) mass is 567 g/mol. The smallest absolute Gasteiger partial charge is 0.268 e. The van der Waals surface area contributed by atoms with Gasteiger partial charge in [-0.1, -0.05) is 13.3 Å². The van der Waals surface area contributed by atoms with E-state index in [1.54, 1.807) is 33.8 Å². The number of carbonyl (C=O) groups excluding carboxylic acids is 1. The Balaban J connectivity index is 1.33. The second-order valence-electron chi connectivity index (χ2n) is 12.4. The first-order valence-corrected chi connectivity index (χ1v) is 15.6. The van der Waals surface area contributed by atoms with Gasteiger partial charge in [-0.15, -0.1) is 5.10 Å². The van der Waals surface area contributed by atoms with E-state index < -0.39 is 15.9 Å². The molecule has 40 heavy (non-hydrogen) atoms. The number of ether oxygens (including phenoxy) is 1. The minimum atomic E-state index is -4.11. The van der Waals surface area contributed by atoms with Gasteiger partial charge < -0.3 is 9.64 Å². The van der Waals surface area contributed by atoms with Gasteiger partial charge in [-0.2, -0.15) is 5.10 Å². The molecule has 0 spiro atoms. The van der Waals surface area contributed by atoms with Gasteiger partial charge in [0.05, 0.1) is 18.4 Å². The molecule has 5 heterocycles. The van der Waals surface area contributed by atoms with Gasteiger partial charge in [0.1, 0.15) is 10.7 Å². The van der Waals surface area contributed by atoms with E-state index in [2.05, 4.69) is 40.6 Å². The number of pyridine rings is 1. The minimum Gasteiger partial charge on any atom is -0.477 e. The molecule has 11 nitrogen and oxygen atoms in total. The zero-order chi connectivity index (χ0) is 28.1. The average molecular weight is 568 g/mol. The number of aryl methyl sites for hydroxylation is 1. The van der Waals surface area contributed by atoms with Crippen molar-refractivity contribution in [3.05, 3.63) is 42.4 Å². The normalized spacial score (nSPS) is 23.0. The molecular weight excluding hydrogens is 530 g/mol. The summed E-state index contributed by atoms with van der Waals surface area (Å²) in [5.41, 5.74) is 0.332. The van der Waals surface area contributed by atoms with Crippen molar-refractivity contribution >= 4 is 21.7 Å². The lowest BCUT2D eigenvalue weighted by Crippen LogP contribution is -2.41. The summed E-state index contributed by atoms with van der Waals surface area (Å²) in [7, 11) is -4.11. The first kappa shape index (κ1) is 26.8. The lowest BCUT2D eigenvalue weighted by atomic mass is 9.93. The highest BCUT2D eigenvalue weighted by Gasteiger charge is 2.41. The number of nitrogens with zero attached hydrogens (tertiary/aromatic N) is 6. The van der Waals surface area contributed by atoms with Crippen LogP contribution in [0.3, 0.4) is 0 Å². The van der Waals surface area contributed by atoms with Crippen LogP contribution < -0.4 is 14.4 Å². The molecule has 1 saturated carbocycles. The molecule has 1 atom stereocenters. The predicted molar refractivity (Wildman–Crippen MR) is 149 cm³/mol. The van der Waals surface area contributed by atoms with Crippen molar-refractivity contribution in [3.63, 3.8) is 0 Å². The number of hydrogen-bond donors (Lipinski definition) is 1. The second kappa shape index (κ2) is 9.90. The van der Waals surface area contributed by atoms with Crippen LogP contribution in [0.4, 0.5) is 5.82 Å². The summed E-state index contributed by atoms with van der Waals surface area (Å²) < 4.78 is 37.5. The zero-order valence-electron chi connectivity index (χ0n) is 23.3. The maximum absolute atomic E-state index is 13.5. The molecule has 2 aliphatic heterocycles. The van der Waals surface area contributed by atoms with Crippen LogP contribution in [0.1, 0.15) is 76.1 Å². The van der Waals surface area contributed by atoms with Crippen molar-refractivity contribution in [2.75, 3.05) is 18.1 Å². The van der Waals surface area contributed by atoms with Crippen LogP contribution in [-0.2, 0) is 16.6 Å². The molecule has 1 amide bonds. The molecule has 1 unspecified atom stereocenters. The Hall–Kier alpha value is -3.41. The molecule has 2 fully saturated rings. The van der Waals surface area contributed by atoms with Gasteiger partial charge in [-0.3, -0.25) is 9.48 Å². The third-order valence-electron chi connectivity index (χ3n) is 8.58. The summed E-state index contributed by atoms with van der Waals surface area (Å²) in [6.45, 7) is 8.54. The van der Waals surface area contributed by atoms with Crippen molar-refractivity contribution in [1.29, 1.82) is 0 Å². The van der Waals surface area contributed by atoms with Gasteiger partial charge in [0.15, 0.2) is 5.82 Å². The Kier molecular flexibility index (Phi) is 6.63. The minimum absolute atomic E-state index is 0.0382. The number of anilines is 1. The summed E-state index contributed by atoms with van der Waals surface area (Å²) in [5.74, 6) is 1.19. The van der Waals surface area contributed by atoms with Gasteiger partial charge in [-0.05, 0) is 75.8 Å². The van der Waals surface area contributed by atoms with Crippen molar-refractivity contribution in [1.82, 2.24) is 29.3 Å². The van der Waals surface area contributed by atoms with Crippen LogP contribution in [0.5, 0.6) is 5.88 Å². The van der Waals surface area contributed by atoms with Crippen LogP contribution in [0.25, 0.3) is 5.82 Å². The van der Waals surface area contributed by atoms with E-state index in [4.69, 9.17) is 9.72 Å². The van der Waals surface area contributed by atoms with E-state index in [1.807, 2.05) is 0 Å². The zero-order valence-corrected chi connectivity index (χ0v) is 24.2. The molecule has 3 aromatic heterocycles. The number of amides is 1. The van der Waals surface area contributed by atoms with E-state index >= 15 is 0 Å². The van der Waals surface area contributed by atoms with E-state index in [9.17, 15) is 13.2 Å². The van der Waals surface area contributed by atoms with Crippen molar-refractivity contribution in [2.24, 2.45) is 11.3 Å². The largest absolute Gasteiger partial charge is 0.477 e. The van der Waals surface area contributed by atoms with E-state index in [0.717, 1.165) is 38.6 Å². The first-order chi connectivity index (χ1) is 19.0. The molecule has 1 N–H and O–H groups in total. The highest BCUT2D eigenvalue weighted by Crippen LogP contribution is 2.48. The number of rotatable bonds is 5. The highest BCUT2D eigenvalue weighted by atomic mass is 32.2. The topological polar surface area (TPSA) is 124 Å². The fraction of sp³-hybridized carbons (Fsp3) is 0.571. The molecule has 3 aliphatic rings. The van der Waals surface area contributed by atoms with Crippen LogP contribution in [0.15, 0.2) is 41.7 Å². The molecule has 1 saturated heterocycles. The molecular formula is C28H37N7O4S. The fourth-order valence-electron chi connectivity index (χ4n) is 5.83. The summed E-state index contributed by atoms with van der Waals surface area (Å²) in [4.78, 5) is 20.5. The predicted octanol–water partition coefficient (Wildman–Crippen LogP) is 3.94. The number of carbonyl (C=O) groups is 1. The van der Waals surface area contributed by atoms with Crippen molar-refractivity contribution < 1.29 is 17.9 Å². The quantitative estimate of drug-likeness (QED) is 0.492. The Morgan fingerprint density at radius 3 is 2.77 bits per heavy atom. The van der Waals surface area contributed by atoms with Gasteiger partial charge in [-0.25, -0.2) is 22.8 Å². The van der Waals surface area contributed by atoms with Crippen LogP contribution in [0, 0.1) is 11.3 Å². The number of hydrogen-bond acceptors (Lipinski definition) is 8. The number of fused-ring (bicyclic) bond motifs is 6. The number of sulfonamides is 1. The van der Waals surface area contributed by atoms with Crippen LogP contribution in [0.2, 0.25) is 0 Å². The molecule has 12 heteroatoms. The molecule has 214 valence electrons. The third kappa shape index (κ3) is 5.45. The summed E-state index contributed by atoms with van der Waals surface area (Å²) >= 11 is 0. The Morgan fingerprint density at radius 1 is 1.15 bits per heavy atom. The third-order valence-corrected chi connectivity index (χ3v) is 9.86. The van der Waals surface area contributed by atoms with Gasteiger partial charge in [0, 0.05) is 37.1 Å². The van der Waals surface area contributed by atoms with Gasteiger partial charge >= 0.3 is 0 Å². The summed E-state index contributed by atoms with van der Waals surface area (Å²) in [6, 6.07) is 5.12. The van der Waals surface area contributed by atoms with E-state index in [-0.39, 0.29) is 16.0 Å². The average Bonchev–Trinajstić information content (AvgIpc) is 3.26. The molecule has 6 rings (SSSR count). The van der Waals surface area contributed by atoms with E-state index in [0.29, 0.717) is 42.0 Å². The maximum atomic E-state index is 13.5. The van der Waals surface area contributed by atoms with Crippen molar-refractivity contribution in [2.45, 2.75) is 82.7 Å². The van der Waals surface area contributed by atoms with E-state index in [1.165, 1.54) is 25.2 Å². The first-order valence-electron chi connectivity index (χ1n) is 14.1. The molecule has 0 aromatic carbocycles.